The highest BCUT2D eigenvalue weighted by molar-refractivity contribution is 14.0. The first-order valence-electron chi connectivity index (χ1n) is 8.96. The van der Waals surface area contributed by atoms with Gasteiger partial charge in [-0.2, -0.15) is 0 Å². The summed E-state index contributed by atoms with van der Waals surface area (Å²) in [5.74, 6) is 0.507. The smallest absolute Gasteiger partial charge is 0.243 e. The molecule has 1 aliphatic rings. The Balaban J connectivity index is 0.00000280. The number of hydrogen-bond donors (Lipinski definition) is 3. The number of guanidine groups is 1. The maximum atomic E-state index is 12.1. The Morgan fingerprint density at radius 3 is 2.71 bits per heavy atom. The molecule has 2 aromatic rings. The summed E-state index contributed by atoms with van der Waals surface area (Å²) in [6, 6.07) is 17.5. The van der Waals surface area contributed by atoms with Crippen LogP contribution in [0.4, 0.5) is 11.4 Å². The van der Waals surface area contributed by atoms with Crippen LogP contribution in [0.3, 0.4) is 0 Å². The number of nitrogens with one attached hydrogen (secondary N) is 3. The molecule has 6 nitrogen and oxygen atoms in total. The summed E-state index contributed by atoms with van der Waals surface area (Å²) in [4.78, 5) is 18.6. The third-order valence-electron chi connectivity index (χ3n) is 4.40. The first-order valence-corrected chi connectivity index (χ1v) is 9.34. The Morgan fingerprint density at radius 1 is 1.21 bits per heavy atom. The van der Waals surface area contributed by atoms with Crippen molar-refractivity contribution in [3.8, 4) is 0 Å². The van der Waals surface area contributed by atoms with Crippen LogP contribution in [-0.2, 0) is 4.79 Å². The number of para-hydroxylation sites is 1. The minimum Gasteiger partial charge on any atom is -0.369 e. The van der Waals surface area contributed by atoms with E-state index < -0.39 is 0 Å². The number of benzene rings is 2. The van der Waals surface area contributed by atoms with Crippen LogP contribution in [-0.4, -0.2) is 44.6 Å². The fraction of sp³-hybridized carbons (Fsp3) is 0.300. The molecular weight excluding hydrogens is 489 g/mol. The molecule has 1 aliphatic heterocycles. The van der Waals surface area contributed by atoms with Crippen molar-refractivity contribution in [3.05, 3.63) is 59.6 Å². The molecule has 1 atom stereocenters. The highest BCUT2D eigenvalue weighted by atomic mass is 127. The summed E-state index contributed by atoms with van der Waals surface area (Å²) < 4.78 is 0. The van der Waals surface area contributed by atoms with Crippen molar-refractivity contribution in [2.45, 2.75) is 12.5 Å². The molecule has 3 N–H and O–H groups in total. The first-order chi connectivity index (χ1) is 13.1. The quantitative estimate of drug-likeness (QED) is 0.326. The monoisotopic (exact) mass is 513 g/mol. The van der Waals surface area contributed by atoms with Gasteiger partial charge in [0.2, 0.25) is 5.91 Å². The van der Waals surface area contributed by atoms with Crippen molar-refractivity contribution < 1.29 is 4.79 Å². The minimum absolute atomic E-state index is 0. The molecule has 0 spiro atoms. The topological polar surface area (TPSA) is 68.8 Å². The van der Waals surface area contributed by atoms with E-state index in [1.165, 1.54) is 0 Å². The van der Waals surface area contributed by atoms with E-state index >= 15 is 0 Å². The molecule has 1 fully saturated rings. The number of nitrogens with zero attached hydrogens (tertiary/aromatic N) is 2. The van der Waals surface area contributed by atoms with Crippen LogP contribution < -0.4 is 20.9 Å². The van der Waals surface area contributed by atoms with E-state index in [0.29, 0.717) is 5.96 Å². The van der Waals surface area contributed by atoms with E-state index in [1.807, 2.05) is 48.5 Å². The fourth-order valence-electron chi connectivity index (χ4n) is 3.06. The number of anilines is 2. The van der Waals surface area contributed by atoms with Crippen molar-refractivity contribution in [1.29, 1.82) is 0 Å². The van der Waals surface area contributed by atoms with Gasteiger partial charge in [0.05, 0.1) is 6.54 Å². The number of hydrogen-bond acceptors (Lipinski definition) is 3. The van der Waals surface area contributed by atoms with Gasteiger partial charge < -0.3 is 20.9 Å². The average Bonchev–Trinajstić information content (AvgIpc) is 3.14. The lowest BCUT2D eigenvalue weighted by Crippen LogP contribution is -2.46. The normalized spacial score (nSPS) is 16.3. The van der Waals surface area contributed by atoms with Gasteiger partial charge in [-0.25, -0.2) is 0 Å². The number of halogens is 2. The van der Waals surface area contributed by atoms with Gasteiger partial charge in [0.15, 0.2) is 5.96 Å². The predicted molar refractivity (Wildman–Crippen MR) is 127 cm³/mol. The second-order valence-corrected chi connectivity index (χ2v) is 6.83. The lowest BCUT2D eigenvalue weighted by Gasteiger charge is -2.20. The molecule has 1 saturated heterocycles. The highest BCUT2D eigenvalue weighted by Crippen LogP contribution is 2.23. The minimum atomic E-state index is -0.115. The molecule has 1 heterocycles. The maximum Gasteiger partial charge on any atom is 0.243 e. The van der Waals surface area contributed by atoms with Gasteiger partial charge in [-0.3, -0.25) is 9.79 Å². The second kappa shape index (κ2) is 11.1. The summed E-state index contributed by atoms with van der Waals surface area (Å²) in [7, 11) is 1.70. The van der Waals surface area contributed by atoms with E-state index in [-0.39, 0.29) is 42.5 Å². The molecule has 1 amide bonds. The molecule has 0 aromatic heterocycles. The van der Waals surface area contributed by atoms with Crippen LogP contribution in [0, 0.1) is 0 Å². The summed E-state index contributed by atoms with van der Waals surface area (Å²) >= 11 is 6.09. The lowest BCUT2D eigenvalue weighted by molar-refractivity contribution is -0.115. The van der Waals surface area contributed by atoms with Gasteiger partial charge in [-0.15, -0.1) is 24.0 Å². The predicted octanol–water partition coefficient (Wildman–Crippen LogP) is 3.34. The summed E-state index contributed by atoms with van der Waals surface area (Å²) in [5, 5.41) is 10.0. The van der Waals surface area contributed by atoms with Gasteiger partial charge in [-0.05, 0) is 36.8 Å². The van der Waals surface area contributed by atoms with E-state index in [9.17, 15) is 4.79 Å². The molecule has 0 aliphatic carbocycles. The van der Waals surface area contributed by atoms with E-state index in [4.69, 9.17) is 11.6 Å². The molecule has 1 unspecified atom stereocenters. The Morgan fingerprint density at radius 2 is 2.00 bits per heavy atom. The van der Waals surface area contributed by atoms with Crippen molar-refractivity contribution in [2.24, 2.45) is 4.99 Å². The summed E-state index contributed by atoms with van der Waals surface area (Å²) in [6.07, 6.45) is 0.990. The van der Waals surface area contributed by atoms with Crippen LogP contribution in [0.1, 0.15) is 6.42 Å². The lowest BCUT2D eigenvalue weighted by atomic mass is 10.2. The zero-order valence-electron chi connectivity index (χ0n) is 15.7. The average molecular weight is 514 g/mol. The van der Waals surface area contributed by atoms with Gasteiger partial charge >= 0.3 is 0 Å². The molecule has 0 saturated carbocycles. The Labute approximate surface area is 187 Å². The van der Waals surface area contributed by atoms with Gasteiger partial charge in [0.1, 0.15) is 0 Å². The molecule has 0 bridgehead atoms. The Kier molecular flexibility index (Phi) is 8.85. The molecular formula is C20H25ClIN5O. The molecule has 2 aromatic carbocycles. The number of carbonyl (C=O) groups is 1. The first kappa shape index (κ1) is 22.3. The third-order valence-corrected chi connectivity index (χ3v) is 4.64. The zero-order chi connectivity index (χ0) is 19.1. The van der Waals surface area contributed by atoms with E-state index in [0.717, 1.165) is 35.9 Å². The molecule has 28 heavy (non-hydrogen) atoms. The van der Waals surface area contributed by atoms with Crippen LogP contribution in [0.15, 0.2) is 59.6 Å². The zero-order valence-corrected chi connectivity index (χ0v) is 18.8. The summed E-state index contributed by atoms with van der Waals surface area (Å²) in [5.41, 5.74) is 1.90. The maximum absolute atomic E-state index is 12.1. The van der Waals surface area contributed by atoms with E-state index in [2.05, 4.69) is 31.9 Å². The number of carbonyl (C=O) groups excluding carboxylic acids is 1. The van der Waals surface area contributed by atoms with Crippen LogP contribution in [0.2, 0.25) is 5.02 Å². The van der Waals surface area contributed by atoms with Crippen molar-refractivity contribution >= 4 is 58.8 Å². The number of aliphatic imine (C=N–C) groups is 1. The molecule has 0 radical (unpaired) electrons. The standard InChI is InChI=1S/C20H24ClN5O.HI/c1-22-20(23-13-19(27)24-16-7-3-2-4-8-16)25-17-10-11-26(14-17)18-9-5-6-15(21)12-18;/h2-9,12,17H,10-11,13-14H2,1H3,(H,24,27)(H2,22,23,25);1H. The highest BCUT2D eigenvalue weighted by Gasteiger charge is 2.23. The second-order valence-electron chi connectivity index (χ2n) is 6.40. The molecule has 8 heteroatoms. The van der Waals surface area contributed by atoms with Crippen molar-refractivity contribution in [3.63, 3.8) is 0 Å². The summed E-state index contributed by atoms with van der Waals surface area (Å²) in [6.45, 7) is 1.96. The Bertz CT molecular complexity index is 802. The number of rotatable bonds is 5. The van der Waals surface area contributed by atoms with Gasteiger partial charge in [-0.1, -0.05) is 35.9 Å². The van der Waals surface area contributed by atoms with Crippen LogP contribution >= 0.6 is 35.6 Å². The fourth-order valence-corrected chi connectivity index (χ4v) is 3.25. The molecule has 3 rings (SSSR count). The third kappa shape index (κ3) is 6.56. The van der Waals surface area contributed by atoms with Gasteiger partial charge in [0, 0.05) is 42.6 Å². The van der Waals surface area contributed by atoms with Crippen molar-refractivity contribution in [2.75, 3.05) is 36.9 Å². The van der Waals surface area contributed by atoms with Gasteiger partial charge in [0.25, 0.3) is 0 Å². The largest absolute Gasteiger partial charge is 0.369 e. The van der Waals surface area contributed by atoms with Crippen LogP contribution in [0.5, 0.6) is 0 Å². The SMILES string of the molecule is CN=C(NCC(=O)Nc1ccccc1)NC1CCN(c2cccc(Cl)c2)C1.I. The van der Waals surface area contributed by atoms with Crippen molar-refractivity contribution in [1.82, 2.24) is 10.6 Å². The molecule has 150 valence electrons. The van der Waals surface area contributed by atoms with Crippen LogP contribution in [0.25, 0.3) is 0 Å². The Hall–Kier alpha value is -2.00. The van der Waals surface area contributed by atoms with E-state index in [1.54, 1.807) is 7.05 Å². The number of amides is 1.